The molecule has 0 radical (unpaired) electrons. The van der Waals surface area contributed by atoms with Crippen LogP contribution in [0.1, 0.15) is 54.5 Å². The van der Waals surface area contributed by atoms with Crippen LogP contribution in [0.3, 0.4) is 0 Å². The third-order valence-corrected chi connectivity index (χ3v) is 8.32. The molecular formula is C28H31FN2O3S. The summed E-state index contributed by atoms with van der Waals surface area (Å²) in [6.45, 7) is 3.45. The minimum absolute atomic E-state index is 0.0713. The van der Waals surface area contributed by atoms with Gasteiger partial charge in [0.25, 0.3) is 10.0 Å². The Morgan fingerprint density at radius 3 is 2.29 bits per heavy atom. The number of carbonyl (C=O) groups excluding carboxylic acids is 1. The predicted molar refractivity (Wildman–Crippen MR) is 136 cm³/mol. The van der Waals surface area contributed by atoms with Gasteiger partial charge in [0.1, 0.15) is 12.4 Å². The van der Waals surface area contributed by atoms with Gasteiger partial charge in [-0.15, -0.1) is 0 Å². The van der Waals surface area contributed by atoms with Crippen molar-refractivity contribution >= 4 is 21.6 Å². The molecule has 7 heteroatoms. The summed E-state index contributed by atoms with van der Waals surface area (Å²) in [5, 5.41) is 3.01. The van der Waals surface area contributed by atoms with Gasteiger partial charge < -0.3 is 5.32 Å². The van der Waals surface area contributed by atoms with E-state index >= 15 is 0 Å². The maximum Gasteiger partial charge on any atom is 0.264 e. The fourth-order valence-corrected chi connectivity index (χ4v) is 5.94. The zero-order chi connectivity index (χ0) is 25.0. The van der Waals surface area contributed by atoms with E-state index in [1.165, 1.54) is 60.4 Å². The summed E-state index contributed by atoms with van der Waals surface area (Å²) in [6, 6.07) is 17.7. The number of benzene rings is 3. The van der Waals surface area contributed by atoms with Crippen molar-refractivity contribution < 1.29 is 17.6 Å². The van der Waals surface area contributed by atoms with Gasteiger partial charge in [0.05, 0.1) is 16.6 Å². The molecule has 1 aliphatic carbocycles. The first-order valence-electron chi connectivity index (χ1n) is 12.0. The molecular weight excluding hydrogens is 463 g/mol. The SMILES string of the molecule is CCC(NC(=O)CN(c1ccc(F)cc1)S(=O)(=O)c1ccc(C)cc1)c1ccc2c(c1)CCCC2. The molecule has 4 rings (SSSR count). The first-order valence-corrected chi connectivity index (χ1v) is 13.5. The Bertz CT molecular complexity index is 1290. The molecule has 1 unspecified atom stereocenters. The molecule has 1 N–H and O–H groups in total. The molecule has 1 aliphatic rings. The number of aryl methyl sites for hydroxylation is 3. The number of anilines is 1. The Hall–Kier alpha value is -3.19. The second-order valence-corrected chi connectivity index (χ2v) is 10.9. The molecule has 3 aromatic carbocycles. The minimum Gasteiger partial charge on any atom is -0.348 e. The summed E-state index contributed by atoms with van der Waals surface area (Å²) in [7, 11) is -4.05. The van der Waals surface area contributed by atoms with E-state index in [9.17, 15) is 17.6 Å². The smallest absolute Gasteiger partial charge is 0.264 e. The van der Waals surface area contributed by atoms with Gasteiger partial charge in [-0.1, -0.05) is 42.8 Å². The maximum atomic E-state index is 13.6. The number of hydrogen-bond acceptors (Lipinski definition) is 3. The molecule has 0 bridgehead atoms. The van der Waals surface area contributed by atoms with Crippen LogP contribution >= 0.6 is 0 Å². The average molecular weight is 495 g/mol. The number of hydrogen-bond donors (Lipinski definition) is 1. The first kappa shape index (κ1) is 24.9. The van der Waals surface area contributed by atoms with E-state index in [-0.39, 0.29) is 16.6 Å². The normalized spacial score (nSPS) is 14.1. The molecule has 184 valence electrons. The second kappa shape index (κ2) is 10.6. The quantitative estimate of drug-likeness (QED) is 0.451. The number of fused-ring (bicyclic) bond motifs is 1. The van der Waals surface area contributed by atoms with Crippen LogP contribution in [0.15, 0.2) is 71.6 Å². The highest BCUT2D eigenvalue weighted by molar-refractivity contribution is 7.92. The van der Waals surface area contributed by atoms with Crippen LogP contribution in [0, 0.1) is 12.7 Å². The molecule has 0 aromatic heterocycles. The molecule has 1 amide bonds. The Morgan fingerprint density at radius 1 is 0.971 bits per heavy atom. The lowest BCUT2D eigenvalue weighted by molar-refractivity contribution is -0.120. The van der Waals surface area contributed by atoms with Crippen LogP contribution < -0.4 is 9.62 Å². The molecule has 0 aliphatic heterocycles. The molecule has 0 spiro atoms. The Kier molecular flexibility index (Phi) is 7.55. The molecule has 0 saturated heterocycles. The first-order chi connectivity index (χ1) is 16.8. The van der Waals surface area contributed by atoms with Gasteiger partial charge in [-0.3, -0.25) is 9.10 Å². The largest absolute Gasteiger partial charge is 0.348 e. The van der Waals surface area contributed by atoms with E-state index in [0.717, 1.165) is 28.3 Å². The van der Waals surface area contributed by atoms with Gasteiger partial charge in [-0.2, -0.15) is 0 Å². The fraction of sp³-hybridized carbons (Fsp3) is 0.321. The molecule has 5 nitrogen and oxygen atoms in total. The van der Waals surface area contributed by atoms with Gasteiger partial charge in [0, 0.05) is 0 Å². The van der Waals surface area contributed by atoms with Gasteiger partial charge in [-0.05, 0) is 92.1 Å². The Labute approximate surface area is 207 Å². The lowest BCUT2D eigenvalue weighted by Crippen LogP contribution is -2.42. The standard InChI is InChI=1S/C28H31FN2O3S/c1-3-27(23-11-10-21-6-4-5-7-22(21)18-23)30-28(32)19-31(25-14-12-24(29)13-15-25)35(33,34)26-16-8-20(2)9-17-26/h8-18,27H,3-7,19H2,1-2H3,(H,30,32). The molecule has 0 saturated carbocycles. The summed E-state index contributed by atoms with van der Waals surface area (Å²) in [6.07, 6.45) is 5.17. The zero-order valence-electron chi connectivity index (χ0n) is 20.1. The number of carbonyl (C=O) groups is 1. The number of nitrogens with zero attached hydrogens (tertiary/aromatic N) is 1. The van der Waals surface area contributed by atoms with Crippen molar-refractivity contribution in [3.63, 3.8) is 0 Å². The number of nitrogens with one attached hydrogen (secondary N) is 1. The van der Waals surface area contributed by atoms with E-state index in [1.807, 2.05) is 13.8 Å². The summed E-state index contributed by atoms with van der Waals surface area (Å²) in [5.41, 5.74) is 4.87. The van der Waals surface area contributed by atoms with Crippen LogP contribution in [0.5, 0.6) is 0 Å². The topological polar surface area (TPSA) is 66.5 Å². The number of halogens is 1. The third kappa shape index (κ3) is 5.73. The van der Waals surface area contributed by atoms with Crippen molar-refractivity contribution in [3.05, 3.63) is 94.8 Å². The summed E-state index contributed by atoms with van der Waals surface area (Å²) >= 11 is 0. The maximum absolute atomic E-state index is 13.6. The number of amides is 1. The number of sulfonamides is 1. The molecule has 0 heterocycles. The molecule has 1 atom stereocenters. The van der Waals surface area contributed by atoms with Crippen molar-refractivity contribution in [1.82, 2.24) is 5.32 Å². The predicted octanol–water partition coefficient (Wildman–Crippen LogP) is 5.48. The number of rotatable bonds is 8. The van der Waals surface area contributed by atoms with Gasteiger partial charge in [0.2, 0.25) is 5.91 Å². The molecule has 0 fully saturated rings. The highest BCUT2D eigenvalue weighted by atomic mass is 32.2. The van der Waals surface area contributed by atoms with Crippen LogP contribution in [0.4, 0.5) is 10.1 Å². The van der Waals surface area contributed by atoms with Crippen molar-refractivity contribution in [2.75, 3.05) is 10.8 Å². The fourth-order valence-electron chi connectivity index (χ4n) is 4.52. The van der Waals surface area contributed by atoms with Crippen molar-refractivity contribution in [1.29, 1.82) is 0 Å². The van der Waals surface area contributed by atoms with Crippen molar-refractivity contribution in [2.45, 2.75) is 56.9 Å². The highest BCUT2D eigenvalue weighted by Crippen LogP contribution is 2.27. The van der Waals surface area contributed by atoms with Crippen LogP contribution in [-0.4, -0.2) is 20.9 Å². The van der Waals surface area contributed by atoms with Gasteiger partial charge in [0.15, 0.2) is 0 Å². The van der Waals surface area contributed by atoms with E-state index in [1.54, 1.807) is 12.1 Å². The van der Waals surface area contributed by atoms with Crippen LogP contribution in [0.25, 0.3) is 0 Å². The van der Waals surface area contributed by atoms with Crippen LogP contribution in [0.2, 0.25) is 0 Å². The Balaban J connectivity index is 1.59. The van der Waals surface area contributed by atoms with E-state index in [4.69, 9.17) is 0 Å². The van der Waals surface area contributed by atoms with Crippen molar-refractivity contribution in [2.24, 2.45) is 0 Å². The van der Waals surface area contributed by atoms with E-state index in [2.05, 4.69) is 23.5 Å². The summed E-state index contributed by atoms with van der Waals surface area (Å²) in [5.74, 6) is -0.904. The summed E-state index contributed by atoms with van der Waals surface area (Å²) < 4.78 is 41.6. The van der Waals surface area contributed by atoms with Gasteiger partial charge in [-0.25, -0.2) is 12.8 Å². The van der Waals surface area contributed by atoms with E-state index < -0.39 is 28.3 Å². The van der Waals surface area contributed by atoms with Gasteiger partial charge >= 0.3 is 0 Å². The van der Waals surface area contributed by atoms with Crippen molar-refractivity contribution in [3.8, 4) is 0 Å². The Morgan fingerprint density at radius 2 is 1.63 bits per heavy atom. The minimum atomic E-state index is -4.05. The summed E-state index contributed by atoms with van der Waals surface area (Å²) in [4.78, 5) is 13.2. The second-order valence-electron chi connectivity index (χ2n) is 9.06. The zero-order valence-corrected chi connectivity index (χ0v) is 20.9. The lowest BCUT2D eigenvalue weighted by Gasteiger charge is -2.26. The average Bonchev–Trinajstić information content (AvgIpc) is 2.86. The lowest BCUT2D eigenvalue weighted by atomic mass is 9.89. The molecule has 35 heavy (non-hydrogen) atoms. The molecule has 3 aromatic rings. The van der Waals surface area contributed by atoms with E-state index in [0.29, 0.717) is 6.42 Å². The van der Waals surface area contributed by atoms with Crippen LogP contribution in [-0.2, 0) is 27.7 Å². The third-order valence-electron chi connectivity index (χ3n) is 6.53. The monoisotopic (exact) mass is 494 g/mol. The highest BCUT2D eigenvalue weighted by Gasteiger charge is 2.28.